The van der Waals surface area contributed by atoms with Crippen molar-refractivity contribution in [1.82, 2.24) is 5.32 Å². The lowest BCUT2D eigenvalue weighted by Gasteiger charge is -2.32. The molecule has 2 fully saturated rings. The van der Waals surface area contributed by atoms with E-state index >= 15 is 0 Å². The molecule has 0 heterocycles. The van der Waals surface area contributed by atoms with E-state index in [-0.39, 0.29) is 17.9 Å². The second-order valence-corrected chi connectivity index (χ2v) is 8.32. The van der Waals surface area contributed by atoms with Crippen LogP contribution in [-0.4, -0.2) is 28.6 Å². The number of carboxylic acid groups (broad SMARTS) is 1. The van der Waals surface area contributed by atoms with Gasteiger partial charge in [-0.3, -0.25) is 9.59 Å². The molecule has 126 valence electrons. The molecule has 2 aliphatic rings. The molecular formula is C17H30N2O3. The minimum absolute atomic E-state index is 0.119. The summed E-state index contributed by atoms with van der Waals surface area (Å²) in [5.41, 5.74) is 5.83. The first-order valence-corrected chi connectivity index (χ1v) is 8.42. The first kappa shape index (κ1) is 17.3. The fraction of sp³-hybridized carbons (Fsp3) is 0.882. The van der Waals surface area contributed by atoms with Gasteiger partial charge < -0.3 is 16.2 Å². The maximum atomic E-state index is 12.0. The van der Waals surface area contributed by atoms with Crippen LogP contribution in [0, 0.1) is 17.3 Å². The highest BCUT2D eigenvalue weighted by molar-refractivity contribution is 5.86. The average Bonchev–Trinajstić information content (AvgIpc) is 3.24. The van der Waals surface area contributed by atoms with Gasteiger partial charge in [0.1, 0.15) is 0 Å². The van der Waals surface area contributed by atoms with E-state index in [1.165, 1.54) is 12.8 Å². The number of nitrogens with one attached hydrogen (secondary N) is 1. The molecule has 2 aliphatic carbocycles. The molecular weight excluding hydrogens is 280 g/mol. The fourth-order valence-electron chi connectivity index (χ4n) is 3.53. The summed E-state index contributed by atoms with van der Waals surface area (Å²) in [4.78, 5) is 22.7. The molecule has 0 aromatic heterocycles. The second kappa shape index (κ2) is 6.19. The van der Waals surface area contributed by atoms with Crippen LogP contribution in [0.2, 0.25) is 0 Å². The lowest BCUT2D eigenvalue weighted by atomic mass is 9.74. The Morgan fingerprint density at radius 3 is 2.32 bits per heavy atom. The quantitative estimate of drug-likeness (QED) is 0.641. The topological polar surface area (TPSA) is 92.4 Å². The van der Waals surface area contributed by atoms with Gasteiger partial charge in [0.05, 0.1) is 12.5 Å². The standard InChI is InChI=1S/C17H30N2O3/c1-16(2,3)12(11-4-5-11)6-7-17(8-9-17)19-15(22)13(18)10-14(20)21/h11-13H,4-10,18H2,1-3H3,(H,19,22)(H,20,21)/t12?,13-/m0/s1. The molecule has 0 saturated heterocycles. The fourth-order valence-corrected chi connectivity index (χ4v) is 3.53. The summed E-state index contributed by atoms with van der Waals surface area (Å²) >= 11 is 0. The number of carbonyl (C=O) groups is 2. The third-order valence-electron chi connectivity index (χ3n) is 5.21. The molecule has 0 aliphatic heterocycles. The minimum Gasteiger partial charge on any atom is -0.481 e. The number of amides is 1. The van der Waals surface area contributed by atoms with Crippen LogP contribution in [0.5, 0.6) is 0 Å². The first-order valence-electron chi connectivity index (χ1n) is 8.42. The summed E-state index contributed by atoms with van der Waals surface area (Å²) in [7, 11) is 0. The van der Waals surface area contributed by atoms with E-state index < -0.39 is 12.0 Å². The van der Waals surface area contributed by atoms with Crippen molar-refractivity contribution in [3.05, 3.63) is 0 Å². The van der Waals surface area contributed by atoms with E-state index in [0.717, 1.165) is 31.6 Å². The van der Waals surface area contributed by atoms with Crippen molar-refractivity contribution in [3.8, 4) is 0 Å². The van der Waals surface area contributed by atoms with Crippen molar-refractivity contribution in [1.29, 1.82) is 0 Å². The molecule has 22 heavy (non-hydrogen) atoms. The molecule has 0 aromatic rings. The van der Waals surface area contributed by atoms with Crippen molar-refractivity contribution < 1.29 is 14.7 Å². The van der Waals surface area contributed by atoms with Gasteiger partial charge in [-0.2, -0.15) is 0 Å². The summed E-state index contributed by atoms with van der Waals surface area (Å²) in [5.74, 6) is 0.197. The number of aliphatic carboxylic acids is 1. The van der Waals surface area contributed by atoms with Crippen LogP contribution >= 0.6 is 0 Å². The molecule has 5 nitrogen and oxygen atoms in total. The van der Waals surface area contributed by atoms with Crippen molar-refractivity contribution in [2.75, 3.05) is 0 Å². The molecule has 1 unspecified atom stereocenters. The highest BCUT2D eigenvalue weighted by Gasteiger charge is 2.46. The van der Waals surface area contributed by atoms with E-state index in [0.29, 0.717) is 11.3 Å². The van der Waals surface area contributed by atoms with Crippen LogP contribution < -0.4 is 11.1 Å². The average molecular weight is 310 g/mol. The largest absolute Gasteiger partial charge is 0.481 e. The number of carboxylic acids is 1. The van der Waals surface area contributed by atoms with E-state index in [9.17, 15) is 9.59 Å². The first-order chi connectivity index (χ1) is 10.1. The van der Waals surface area contributed by atoms with Crippen LogP contribution in [0.15, 0.2) is 0 Å². The molecule has 5 heteroatoms. The molecule has 4 N–H and O–H groups in total. The molecule has 0 spiro atoms. The Bertz CT molecular complexity index is 434. The molecule has 2 saturated carbocycles. The predicted molar refractivity (Wildman–Crippen MR) is 85.2 cm³/mol. The molecule has 0 radical (unpaired) electrons. The van der Waals surface area contributed by atoms with Crippen molar-refractivity contribution >= 4 is 11.9 Å². The zero-order valence-electron chi connectivity index (χ0n) is 14.0. The number of nitrogens with two attached hydrogens (primary N) is 1. The van der Waals surface area contributed by atoms with Gasteiger partial charge in [0.2, 0.25) is 5.91 Å². The Balaban J connectivity index is 1.84. The van der Waals surface area contributed by atoms with Gasteiger partial charge in [0, 0.05) is 5.54 Å². The van der Waals surface area contributed by atoms with Crippen LogP contribution in [-0.2, 0) is 9.59 Å². The maximum absolute atomic E-state index is 12.0. The second-order valence-electron chi connectivity index (χ2n) is 8.32. The monoisotopic (exact) mass is 310 g/mol. The van der Waals surface area contributed by atoms with Gasteiger partial charge >= 0.3 is 5.97 Å². The summed E-state index contributed by atoms with van der Waals surface area (Å²) < 4.78 is 0. The molecule has 0 bridgehead atoms. The van der Waals surface area contributed by atoms with E-state index in [1.54, 1.807) is 0 Å². The van der Waals surface area contributed by atoms with Crippen LogP contribution in [0.25, 0.3) is 0 Å². The Morgan fingerprint density at radius 2 is 1.91 bits per heavy atom. The van der Waals surface area contributed by atoms with E-state index in [1.807, 2.05) is 0 Å². The number of hydrogen-bond acceptors (Lipinski definition) is 3. The van der Waals surface area contributed by atoms with Gasteiger partial charge in [-0.15, -0.1) is 0 Å². The molecule has 2 atom stereocenters. The zero-order valence-corrected chi connectivity index (χ0v) is 14.0. The molecule has 2 rings (SSSR count). The third kappa shape index (κ3) is 4.70. The molecule has 0 aromatic carbocycles. The third-order valence-corrected chi connectivity index (χ3v) is 5.21. The Morgan fingerprint density at radius 1 is 1.32 bits per heavy atom. The summed E-state index contributed by atoms with van der Waals surface area (Å²) in [5, 5.41) is 11.7. The lowest BCUT2D eigenvalue weighted by molar-refractivity contribution is -0.139. The molecule has 1 amide bonds. The normalized spacial score (nSPS) is 22.7. The number of carbonyl (C=O) groups excluding carboxylic acids is 1. The highest BCUT2D eigenvalue weighted by Crippen LogP contribution is 2.50. The summed E-state index contributed by atoms with van der Waals surface area (Å²) in [6.07, 6.45) is 6.45. The van der Waals surface area contributed by atoms with Crippen LogP contribution in [0.4, 0.5) is 0 Å². The van der Waals surface area contributed by atoms with Crippen molar-refractivity contribution in [3.63, 3.8) is 0 Å². The SMILES string of the molecule is CC(C)(C)C(CCC1(NC(=O)[C@@H](N)CC(=O)O)CC1)C1CC1. The smallest absolute Gasteiger partial charge is 0.305 e. The van der Waals surface area contributed by atoms with Gasteiger partial charge in [-0.1, -0.05) is 20.8 Å². The zero-order chi connectivity index (χ0) is 16.5. The summed E-state index contributed by atoms with van der Waals surface area (Å²) in [6.45, 7) is 6.91. The minimum atomic E-state index is -1.03. The number of rotatable bonds is 8. The predicted octanol–water partition coefficient (Wildman–Crippen LogP) is 2.29. The maximum Gasteiger partial charge on any atom is 0.305 e. The Hall–Kier alpha value is -1.10. The van der Waals surface area contributed by atoms with Gasteiger partial charge in [-0.05, 0) is 55.8 Å². The van der Waals surface area contributed by atoms with Crippen molar-refractivity contribution in [2.45, 2.75) is 77.3 Å². The van der Waals surface area contributed by atoms with Crippen LogP contribution in [0.1, 0.15) is 65.7 Å². The van der Waals surface area contributed by atoms with Crippen molar-refractivity contribution in [2.24, 2.45) is 23.0 Å². The summed E-state index contributed by atoms with van der Waals surface area (Å²) in [6, 6.07) is -0.947. The van der Waals surface area contributed by atoms with E-state index in [2.05, 4.69) is 26.1 Å². The van der Waals surface area contributed by atoms with Gasteiger partial charge in [0.15, 0.2) is 0 Å². The van der Waals surface area contributed by atoms with E-state index in [4.69, 9.17) is 10.8 Å². The Labute approximate surface area is 133 Å². The number of hydrogen-bond donors (Lipinski definition) is 3. The van der Waals surface area contributed by atoms with Gasteiger partial charge in [0.25, 0.3) is 0 Å². The van der Waals surface area contributed by atoms with Crippen LogP contribution in [0.3, 0.4) is 0 Å². The Kier molecular flexibility index (Phi) is 4.85. The van der Waals surface area contributed by atoms with Gasteiger partial charge in [-0.25, -0.2) is 0 Å². The lowest BCUT2D eigenvalue weighted by Crippen LogP contribution is -2.47. The highest BCUT2D eigenvalue weighted by atomic mass is 16.4.